The zero-order valence-corrected chi connectivity index (χ0v) is 23.3. The summed E-state index contributed by atoms with van der Waals surface area (Å²) < 4.78 is 25.9. The molecule has 0 spiro atoms. The Balaban J connectivity index is 1.61. The number of carbonyl (C=O) groups is 3. The molecule has 4 aliphatic rings. The molecule has 0 bridgehead atoms. The van der Waals surface area contributed by atoms with Gasteiger partial charge in [0.1, 0.15) is 22.8 Å². The van der Waals surface area contributed by atoms with Gasteiger partial charge in [-0.15, -0.1) is 0 Å². The molecule has 3 aliphatic carbocycles. The molecule has 1 heterocycles. The second-order valence-electron chi connectivity index (χ2n) is 11.7. The largest absolute Gasteiger partial charge is 0.510 e. The summed E-state index contributed by atoms with van der Waals surface area (Å²) >= 11 is 0. The third-order valence-electron chi connectivity index (χ3n) is 9.34. The fourth-order valence-corrected chi connectivity index (χ4v) is 7.20. The Labute approximate surface area is 239 Å². The average Bonchev–Trinajstić information content (AvgIpc) is 2.92. The number of halogens is 2. The first-order chi connectivity index (χ1) is 19.6. The molecular formula is C29H33F2N3O8. The van der Waals surface area contributed by atoms with Gasteiger partial charge < -0.3 is 31.3 Å². The van der Waals surface area contributed by atoms with E-state index in [2.05, 4.69) is 0 Å². The molecule has 42 heavy (non-hydrogen) atoms. The summed E-state index contributed by atoms with van der Waals surface area (Å²) in [5.41, 5.74) is 1.50. The minimum Gasteiger partial charge on any atom is -0.510 e. The Morgan fingerprint density at radius 2 is 1.76 bits per heavy atom. The molecule has 6 atom stereocenters. The van der Waals surface area contributed by atoms with E-state index in [1.165, 1.54) is 19.0 Å². The molecule has 0 saturated carbocycles. The number of nitrogens with zero attached hydrogens (tertiary/aromatic N) is 2. The maximum absolute atomic E-state index is 14.0. The van der Waals surface area contributed by atoms with Gasteiger partial charge in [0.25, 0.3) is 12.0 Å². The number of carbonyl (C=O) groups excluding carboxylic acids is 3. The van der Waals surface area contributed by atoms with Crippen molar-refractivity contribution in [3.8, 4) is 5.75 Å². The van der Waals surface area contributed by atoms with E-state index >= 15 is 0 Å². The first kappa shape index (κ1) is 29.8. The number of aliphatic hydroxyl groups is 4. The van der Waals surface area contributed by atoms with Crippen molar-refractivity contribution in [3.63, 3.8) is 0 Å². The van der Waals surface area contributed by atoms with Crippen molar-refractivity contribution in [2.75, 3.05) is 27.2 Å². The number of piperidine rings is 1. The molecule has 0 aromatic heterocycles. The highest BCUT2D eigenvalue weighted by Gasteiger charge is 2.67. The van der Waals surface area contributed by atoms with Gasteiger partial charge in [0.15, 0.2) is 11.4 Å². The summed E-state index contributed by atoms with van der Waals surface area (Å²) in [5.74, 6) is -9.45. The maximum Gasteiger partial charge on any atom is 0.269 e. The van der Waals surface area contributed by atoms with Crippen molar-refractivity contribution >= 4 is 17.5 Å². The van der Waals surface area contributed by atoms with Gasteiger partial charge in [-0.2, -0.15) is 8.78 Å². The van der Waals surface area contributed by atoms with Gasteiger partial charge in [0, 0.05) is 36.7 Å². The number of primary amides is 1. The second kappa shape index (κ2) is 10.3. The van der Waals surface area contributed by atoms with E-state index in [9.17, 15) is 48.7 Å². The summed E-state index contributed by atoms with van der Waals surface area (Å²) in [6.07, 6.45) is -3.02. The molecule has 1 amide bonds. The summed E-state index contributed by atoms with van der Waals surface area (Å²) in [6, 6.07) is 1.89. The minimum atomic E-state index is -2.98. The van der Waals surface area contributed by atoms with Gasteiger partial charge in [-0.05, 0) is 44.0 Å². The Morgan fingerprint density at radius 3 is 2.31 bits per heavy atom. The molecule has 5 rings (SSSR count). The molecule has 1 aromatic rings. The topological polar surface area (TPSA) is 185 Å². The number of phenols is 1. The number of Topliss-reactive ketones (excluding diaryl/α,β-unsaturated/α-hetero) is 2. The number of ketones is 2. The fraction of sp³-hybridized carbons (Fsp3) is 0.483. The summed E-state index contributed by atoms with van der Waals surface area (Å²) in [5, 5.41) is 57.1. The van der Waals surface area contributed by atoms with Gasteiger partial charge >= 0.3 is 0 Å². The number of rotatable bonds is 4. The van der Waals surface area contributed by atoms with Crippen molar-refractivity contribution in [2.45, 2.75) is 50.0 Å². The Bertz CT molecular complexity index is 1490. The number of fused-ring (bicyclic) bond motifs is 3. The van der Waals surface area contributed by atoms with E-state index in [-0.39, 0.29) is 30.5 Å². The number of nitrogens with two attached hydrogens (primary N) is 1. The number of likely N-dealkylation sites (N-methyl/N-ethyl adjacent to an activating group) is 1. The van der Waals surface area contributed by atoms with Crippen LogP contribution in [-0.2, 0) is 16.1 Å². The smallest absolute Gasteiger partial charge is 0.269 e. The lowest BCUT2D eigenvalue weighted by Gasteiger charge is -2.53. The molecule has 1 saturated heterocycles. The number of hydrogen-bond donors (Lipinski definition) is 6. The van der Waals surface area contributed by atoms with Crippen LogP contribution in [0.4, 0.5) is 8.78 Å². The average molecular weight is 590 g/mol. The van der Waals surface area contributed by atoms with Crippen molar-refractivity contribution in [1.29, 1.82) is 0 Å². The van der Waals surface area contributed by atoms with E-state index in [4.69, 9.17) is 5.73 Å². The predicted octanol–water partition coefficient (Wildman–Crippen LogP) is 1.40. The van der Waals surface area contributed by atoms with Crippen molar-refractivity contribution in [3.05, 3.63) is 63.1 Å². The maximum atomic E-state index is 14.0. The predicted molar refractivity (Wildman–Crippen MR) is 144 cm³/mol. The molecule has 226 valence electrons. The van der Waals surface area contributed by atoms with Gasteiger partial charge in [0.05, 0.1) is 23.6 Å². The number of aliphatic hydroxyl groups excluding tert-OH is 3. The third-order valence-corrected chi connectivity index (χ3v) is 9.34. The first-order valence-corrected chi connectivity index (χ1v) is 13.6. The number of aromatic hydroxyl groups is 1. The molecule has 0 unspecified atom stereocenters. The molecule has 0 radical (unpaired) electrons. The minimum absolute atomic E-state index is 0.0851. The highest BCUT2D eigenvalue weighted by molar-refractivity contribution is 6.25. The van der Waals surface area contributed by atoms with Crippen LogP contribution in [0, 0.1) is 11.8 Å². The van der Waals surface area contributed by atoms with Crippen molar-refractivity contribution in [1.82, 2.24) is 9.80 Å². The van der Waals surface area contributed by atoms with Crippen LogP contribution in [0.2, 0.25) is 0 Å². The lowest BCUT2D eigenvalue weighted by atomic mass is 9.55. The molecular weight excluding hydrogens is 556 g/mol. The van der Waals surface area contributed by atoms with E-state index in [0.29, 0.717) is 24.2 Å². The summed E-state index contributed by atoms with van der Waals surface area (Å²) in [7, 11) is 2.94. The van der Waals surface area contributed by atoms with Crippen LogP contribution < -0.4 is 5.73 Å². The molecule has 11 nitrogen and oxygen atoms in total. The van der Waals surface area contributed by atoms with Crippen molar-refractivity contribution in [2.24, 2.45) is 17.6 Å². The van der Waals surface area contributed by atoms with Gasteiger partial charge in [-0.1, -0.05) is 19.1 Å². The van der Waals surface area contributed by atoms with E-state index < -0.39 is 87.5 Å². The molecule has 13 heteroatoms. The normalized spacial score (nSPS) is 31.7. The van der Waals surface area contributed by atoms with Crippen LogP contribution >= 0.6 is 0 Å². The lowest BCUT2D eigenvalue weighted by molar-refractivity contribution is -0.162. The molecule has 7 N–H and O–H groups in total. The van der Waals surface area contributed by atoms with Gasteiger partial charge in [-0.25, -0.2) is 0 Å². The molecule has 1 aromatic carbocycles. The Morgan fingerprint density at radius 1 is 1.14 bits per heavy atom. The number of phenolic OH excluding ortho intramolecular Hbond substituents is 1. The van der Waals surface area contributed by atoms with Crippen LogP contribution in [0.1, 0.15) is 47.2 Å². The highest BCUT2D eigenvalue weighted by Crippen LogP contribution is 2.55. The summed E-state index contributed by atoms with van der Waals surface area (Å²) in [4.78, 5) is 42.8. The van der Waals surface area contributed by atoms with Gasteiger partial charge in [-0.3, -0.25) is 24.2 Å². The monoisotopic (exact) mass is 589 g/mol. The number of amides is 1. The Kier molecular flexibility index (Phi) is 7.29. The summed E-state index contributed by atoms with van der Waals surface area (Å²) in [6.45, 7) is 2.44. The number of likely N-dealkylation sites (tertiary alicyclic amines) is 1. The lowest BCUT2D eigenvalue weighted by Crippen LogP contribution is -2.68. The van der Waals surface area contributed by atoms with Crippen LogP contribution in [0.3, 0.4) is 0 Å². The van der Waals surface area contributed by atoms with Crippen LogP contribution in [0.5, 0.6) is 5.75 Å². The zero-order valence-electron chi connectivity index (χ0n) is 23.3. The highest BCUT2D eigenvalue weighted by atomic mass is 19.3. The molecule has 1 fully saturated rings. The standard InChI is InChI=1S/C29H33F2N3O8/c1-11-14-5-4-13(10-34-8-6-12(7-9-34)27(30)31)21(35)16(14)22(36)17-15(11)23(37)19-20(33(2)3)24(38)18(28(32)41)26(40)29(19,42)25(17)39/h4-5,11,15,19-20,23,35,37-39,42H,6-10H2,1-3H3,(H2,32,41)/t11-,15+,19+,20-,23-,29-/m0/s1. The fourth-order valence-electron chi connectivity index (χ4n) is 7.20. The van der Waals surface area contributed by atoms with Crippen LogP contribution in [-0.4, -0.2) is 97.7 Å². The van der Waals surface area contributed by atoms with E-state index in [1.807, 2.05) is 4.90 Å². The second-order valence-corrected chi connectivity index (χ2v) is 11.7. The SMILES string of the molecule is C[C@H]1c2ccc(CN3CCC(=C(F)F)CC3)c(O)c2C(=O)C2=C(O)[C@]3(O)C(=O)C(C(N)=O)=C(O)[C@@H](N(C)C)[C@@H]3[C@@H](O)[C@@H]21. The van der Waals surface area contributed by atoms with Crippen LogP contribution in [0.15, 0.2) is 46.5 Å². The molecule has 1 aliphatic heterocycles. The Hall–Kier alpha value is -3.65. The van der Waals surface area contributed by atoms with Crippen molar-refractivity contribution < 1.29 is 48.7 Å². The van der Waals surface area contributed by atoms with E-state index in [1.54, 1.807) is 19.1 Å². The first-order valence-electron chi connectivity index (χ1n) is 13.6. The number of hydrogen-bond acceptors (Lipinski definition) is 10. The van der Waals surface area contributed by atoms with E-state index in [0.717, 1.165) is 0 Å². The van der Waals surface area contributed by atoms with Gasteiger partial charge in [0.2, 0.25) is 5.78 Å². The van der Waals surface area contributed by atoms with Crippen LogP contribution in [0.25, 0.3) is 0 Å². The number of benzene rings is 1. The quantitative estimate of drug-likeness (QED) is 0.281. The third kappa shape index (κ3) is 4.09. The zero-order chi connectivity index (χ0) is 31.0.